The van der Waals surface area contributed by atoms with Crippen LogP contribution in [0, 0.1) is 0 Å². The molecule has 1 unspecified atom stereocenters. The summed E-state index contributed by atoms with van der Waals surface area (Å²) in [6.45, 7) is 6.45. The summed E-state index contributed by atoms with van der Waals surface area (Å²) in [5.41, 5.74) is 13.6. The molecule has 8 aromatic carbocycles. The van der Waals surface area contributed by atoms with E-state index >= 15 is 0 Å². The summed E-state index contributed by atoms with van der Waals surface area (Å²) in [6.07, 6.45) is 8.48. The third-order valence-electron chi connectivity index (χ3n) is 11.5. The fourth-order valence-electron chi connectivity index (χ4n) is 9.22. The maximum atomic E-state index is 4.39. The van der Waals surface area contributed by atoms with Crippen molar-refractivity contribution < 1.29 is 0 Å². The number of hydrogen-bond donors (Lipinski definition) is 0. The van der Waals surface area contributed by atoms with Crippen LogP contribution in [0.5, 0.6) is 0 Å². The second-order valence-electron chi connectivity index (χ2n) is 14.5. The molecule has 56 heavy (non-hydrogen) atoms. The van der Waals surface area contributed by atoms with Crippen molar-refractivity contribution >= 4 is 49.6 Å². The van der Waals surface area contributed by atoms with Gasteiger partial charge in [-0.2, -0.15) is 0 Å². The summed E-state index contributed by atoms with van der Waals surface area (Å²) in [5, 5.41) is 4.85. The van der Waals surface area contributed by atoms with Gasteiger partial charge in [0.15, 0.2) is 0 Å². The van der Waals surface area contributed by atoms with E-state index in [1.54, 1.807) is 0 Å². The topological polar surface area (TPSA) is 8.17 Å². The summed E-state index contributed by atoms with van der Waals surface area (Å²) in [7, 11) is 0. The highest BCUT2D eigenvalue weighted by molar-refractivity contribution is 6.16. The van der Waals surface area contributed by atoms with Crippen LogP contribution in [0.3, 0.4) is 0 Å². The van der Waals surface area contributed by atoms with Crippen molar-refractivity contribution in [3.05, 3.63) is 241 Å². The number of para-hydroxylation sites is 2. The van der Waals surface area contributed by atoms with E-state index in [0.717, 1.165) is 28.3 Å². The number of allylic oxidation sites excluding steroid dienone is 5. The number of aromatic nitrogens is 1. The molecule has 1 heterocycles. The Labute approximate surface area is 328 Å². The van der Waals surface area contributed by atoms with Gasteiger partial charge in [0.1, 0.15) is 0 Å². The smallest absolute Gasteiger partial charge is 0.0713 e. The first-order valence-corrected chi connectivity index (χ1v) is 19.3. The van der Waals surface area contributed by atoms with Gasteiger partial charge in [-0.1, -0.05) is 164 Å². The van der Waals surface area contributed by atoms with Crippen LogP contribution in [0.4, 0.5) is 17.1 Å². The minimum absolute atomic E-state index is 0.538. The Balaban J connectivity index is 1.28. The molecule has 10 rings (SSSR count). The minimum atomic E-state index is -0.538. The predicted octanol–water partition coefficient (Wildman–Crippen LogP) is 14.4. The molecule has 1 aliphatic rings. The monoisotopic (exact) mass is 716 g/mol. The fraction of sp³-hybridized carbons (Fsp3) is 0.0370. The zero-order valence-corrected chi connectivity index (χ0v) is 31.3. The first-order chi connectivity index (χ1) is 27.7. The Morgan fingerprint density at radius 2 is 1.23 bits per heavy atom. The number of nitrogens with zero attached hydrogens (tertiary/aromatic N) is 2. The number of benzene rings is 8. The highest BCUT2D eigenvalue weighted by Crippen LogP contribution is 2.58. The highest BCUT2D eigenvalue weighted by Gasteiger charge is 2.46. The second kappa shape index (κ2) is 13.6. The largest absolute Gasteiger partial charge is 0.310 e. The maximum Gasteiger partial charge on any atom is 0.0713 e. The predicted molar refractivity (Wildman–Crippen MR) is 238 cm³/mol. The van der Waals surface area contributed by atoms with E-state index in [9.17, 15) is 0 Å². The van der Waals surface area contributed by atoms with Crippen molar-refractivity contribution in [2.45, 2.75) is 12.3 Å². The van der Waals surface area contributed by atoms with Crippen molar-refractivity contribution in [2.24, 2.45) is 0 Å². The molecule has 2 nitrogen and oxygen atoms in total. The summed E-state index contributed by atoms with van der Waals surface area (Å²) < 4.78 is 2.40. The molecule has 0 spiro atoms. The Hall–Kier alpha value is -7.16. The molecular formula is C54H40N2. The zero-order chi connectivity index (χ0) is 37.6. The molecule has 2 heteroatoms. The van der Waals surface area contributed by atoms with Gasteiger partial charge in [-0.15, -0.1) is 0 Å². The van der Waals surface area contributed by atoms with Crippen LogP contribution >= 0.6 is 0 Å². The van der Waals surface area contributed by atoms with Gasteiger partial charge < -0.3 is 9.47 Å². The summed E-state index contributed by atoms with van der Waals surface area (Å²) in [6, 6.07) is 68.7. The number of rotatable bonds is 8. The first kappa shape index (κ1) is 33.4. The van der Waals surface area contributed by atoms with Crippen molar-refractivity contribution in [1.82, 2.24) is 4.57 Å². The lowest BCUT2D eigenvalue weighted by molar-refractivity contribution is 0.767. The average molecular weight is 717 g/mol. The van der Waals surface area contributed by atoms with Crippen molar-refractivity contribution in [3.8, 4) is 16.8 Å². The Kier molecular flexibility index (Phi) is 8.12. The van der Waals surface area contributed by atoms with E-state index in [-0.39, 0.29) is 0 Å². The van der Waals surface area contributed by atoms with Crippen LogP contribution in [0.2, 0.25) is 0 Å². The summed E-state index contributed by atoms with van der Waals surface area (Å²) in [5.74, 6) is 0. The maximum absolute atomic E-state index is 4.39. The Morgan fingerprint density at radius 3 is 2.05 bits per heavy atom. The van der Waals surface area contributed by atoms with Gasteiger partial charge in [0, 0.05) is 27.8 Å². The minimum Gasteiger partial charge on any atom is -0.310 e. The fourth-order valence-corrected chi connectivity index (χ4v) is 9.22. The molecule has 266 valence electrons. The van der Waals surface area contributed by atoms with E-state index in [4.69, 9.17) is 0 Å². The van der Waals surface area contributed by atoms with Gasteiger partial charge in [-0.25, -0.2) is 0 Å². The van der Waals surface area contributed by atoms with Gasteiger partial charge in [-0.05, 0) is 106 Å². The third-order valence-corrected chi connectivity index (χ3v) is 11.5. The molecule has 0 saturated heterocycles. The quantitative estimate of drug-likeness (QED) is 0.142. The van der Waals surface area contributed by atoms with Crippen molar-refractivity contribution in [1.29, 1.82) is 0 Å². The molecule has 9 aromatic rings. The number of hydrogen-bond acceptors (Lipinski definition) is 1. The molecule has 1 aromatic heterocycles. The molecular weight excluding hydrogens is 677 g/mol. The van der Waals surface area contributed by atoms with Crippen LogP contribution in [0.15, 0.2) is 225 Å². The van der Waals surface area contributed by atoms with E-state index in [1.165, 1.54) is 60.4 Å². The normalized spacial score (nSPS) is 15.1. The molecule has 0 radical (unpaired) electrons. The molecule has 0 saturated carbocycles. The van der Waals surface area contributed by atoms with E-state index in [1.807, 2.05) is 6.08 Å². The van der Waals surface area contributed by atoms with Gasteiger partial charge in [-0.3, -0.25) is 0 Å². The SMILES string of the molecule is C=C/C(=C\C=C/C)C1(c2ccccc2)c2ccccc2-c2cc(N(c3ccc4ccccc4c3)c3cccc4c3c3ccccc3n4-c3ccccc3)ccc21. The molecule has 0 fully saturated rings. The van der Waals surface area contributed by atoms with Gasteiger partial charge >= 0.3 is 0 Å². The van der Waals surface area contributed by atoms with Gasteiger partial charge in [0.05, 0.1) is 22.1 Å². The van der Waals surface area contributed by atoms with Gasteiger partial charge in [0.2, 0.25) is 0 Å². The van der Waals surface area contributed by atoms with E-state index in [0.29, 0.717) is 0 Å². The van der Waals surface area contributed by atoms with Crippen LogP contribution in [-0.2, 0) is 5.41 Å². The molecule has 0 N–H and O–H groups in total. The second-order valence-corrected chi connectivity index (χ2v) is 14.5. The van der Waals surface area contributed by atoms with Crippen LogP contribution in [0.1, 0.15) is 23.6 Å². The lowest BCUT2D eigenvalue weighted by atomic mass is 9.67. The lowest BCUT2D eigenvalue weighted by Gasteiger charge is -2.35. The Morgan fingerprint density at radius 1 is 0.571 bits per heavy atom. The third kappa shape index (κ3) is 5.03. The first-order valence-electron chi connectivity index (χ1n) is 19.3. The van der Waals surface area contributed by atoms with Crippen LogP contribution < -0.4 is 4.90 Å². The molecule has 0 amide bonds. The molecule has 1 aliphatic carbocycles. The average Bonchev–Trinajstić information content (AvgIpc) is 3.76. The highest BCUT2D eigenvalue weighted by atomic mass is 15.1. The standard InChI is InChI=1S/C54H40N2/c1-3-5-21-40(4-2)54(41-22-8-6-9-23-41)48-28-16-14-26-45(48)47-37-44(34-35-49(47)54)55(43-33-32-38-19-12-13-20-39(38)36-43)51-30-18-31-52-53(51)46-27-15-17-29-50(46)56(52)42-24-10-7-11-25-42/h3-37H,2H2,1H3/b5-3-,40-21+. The zero-order valence-electron chi connectivity index (χ0n) is 31.3. The van der Waals surface area contributed by atoms with E-state index in [2.05, 4.69) is 229 Å². The van der Waals surface area contributed by atoms with Crippen LogP contribution in [-0.4, -0.2) is 4.57 Å². The van der Waals surface area contributed by atoms with Crippen molar-refractivity contribution in [3.63, 3.8) is 0 Å². The molecule has 0 bridgehead atoms. The van der Waals surface area contributed by atoms with E-state index < -0.39 is 5.41 Å². The molecule has 1 atom stereocenters. The molecule has 0 aliphatic heterocycles. The summed E-state index contributed by atoms with van der Waals surface area (Å²) in [4.78, 5) is 2.46. The Bertz CT molecular complexity index is 3000. The lowest BCUT2D eigenvalue weighted by Crippen LogP contribution is -2.29. The van der Waals surface area contributed by atoms with Crippen molar-refractivity contribution in [2.75, 3.05) is 4.90 Å². The van der Waals surface area contributed by atoms with Gasteiger partial charge in [0.25, 0.3) is 0 Å². The van der Waals surface area contributed by atoms with Crippen LogP contribution in [0.25, 0.3) is 49.4 Å². The number of fused-ring (bicyclic) bond motifs is 7. The number of anilines is 3. The summed E-state index contributed by atoms with van der Waals surface area (Å²) >= 11 is 0.